The number of carbonyl (C=O) groups excluding carboxylic acids is 1. The molecule has 0 aliphatic heterocycles. The van der Waals surface area contributed by atoms with Crippen molar-refractivity contribution in [2.24, 2.45) is 17.0 Å². The Morgan fingerprint density at radius 1 is 1.61 bits per heavy atom. The third-order valence-corrected chi connectivity index (χ3v) is 4.26. The topological polar surface area (TPSA) is 118 Å². The van der Waals surface area contributed by atoms with Crippen molar-refractivity contribution in [1.82, 2.24) is 15.5 Å². The van der Waals surface area contributed by atoms with E-state index in [9.17, 15) is 13.2 Å². The minimum atomic E-state index is -3.95. The van der Waals surface area contributed by atoms with Crippen LogP contribution >= 0.6 is 0 Å². The van der Waals surface area contributed by atoms with Gasteiger partial charge in [-0.05, 0) is 25.2 Å². The zero-order chi connectivity index (χ0) is 13.5. The van der Waals surface area contributed by atoms with Crippen molar-refractivity contribution in [3.8, 4) is 0 Å². The average Bonchev–Trinajstić information content (AvgIpc) is 2.78. The summed E-state index contributed by atoms with van der Waals surface area (Å²) in [6.45, 7) is 4.15. The summed E-state index contributed by atoms with van der Waals surface area (Å²) in [5, 5.41) is 13.9. The normalized spacial score (nSPS) is 22.8. The predicted molar refractivity (Wildman–Crippen MR) is 64.3 cm³/mol. The molecule has 1 aliphatic carbocycles. The van der Waals surface area contributed by atoms with Crippen molar-refractivity contribution >= 4 is 15.9 Å². The van der Waals surface area contributed by atoms with Gasteiger partial charge in [0.1, 0.15) is 4.90 Å². The number of primary sulfonamides is 1. The maximum absolute atomic E-state index is 11.9. The highest BCUT2D eigenvalue weighted by atomic mass is 32.2. The van der Waals surface area contributed by atoms with Gasteiger partial charge < -0.3 is 5.32 Å². The number of aryl methyl sites for hydroxylation is 1. The van der Waals surface area contributed by atoms with Crippen molar-refractivity contribution in [1.29, 1.82) is 0 Å². The summed E-state index contributed by atoms with van der Waals surface area (Å²) < 4.78 is 22.8. The molecule has 1 saturated carbocycles. The Bertz CT molecular complexity index is 578. The number of rotatable bonds is 4. The second-order valence-electron chi connectivity index (χ2n) is 4.75. The number of nitrogens with zero attached hydrogens (tertiary/aromatic N) is 1. The largest absolute Gasteiger partial charge is 0.350 e. The Morgan fingerprint density at radius 3 is 2.72 bits per heavy atom. The summed E-state index contributed by atoms with van der Waals surface area (Å²) in [7, 11) is -3.95. The minimum Gasteiger partial charge on any atom is -0.350 e. The fourth-order valence-electron chi connectivity index (χ4n) is 1.91. The van der Waals surface area contributed by atoms with E-state index in [0.29, 0.717) is 18.4 Å². The molecule has 1 aliphatic rings. The highest BCUT2D eigenvalue weighted by molar-refractivity contribution is 7.89. The first kappa shape index (κ1) is 13.0. The molecule has 1 aromatic rings. The summed E-state index contributed by atoms with van der Waals surface area (Å²) in [5.41, 5.74) is 0.103. The van der Waals surface area contributed by atoms with Gasteiger partial charge in [0.2, 0.25) is 10.0 Å². The van der Waals surface area contributed by atoms with Gasteiger partial charge in [-0.3, -0.25) is 9.89 Å². The summed E-state index contributed by atoms with van der Waals surface area (Å²) in [4.78, 5) is 11.6. The van der Waals surface area contributed by atoms with Gasteiger partial charge in [0, 0.05) is 6.54 Å². The van der Waals surface area contributed by atoms with Crippen molar-refractivity contribution in [3.05, 3.63) is 11.4 Å². The van der Waals surface area contributed by atoms with Gasteiger partial charge in [-0.2, -0.15) is 5.10 Å². The maximum atomic E-state index is 11.9. The molecule has 0 spiro atoms. The van der Waals surface area contributed by atoms with Crippen LogP contribution < -0.4 is 10.5 Å². The number of hydrogen-bond acceptors (Lipinski definition) is 4. The van der Waals surface area contributed by atoms with Crippen molar-refractivity contribution in [2.75, 3.05) is 6.54 Å². The number of sulfonamides is 1. The van der Waals surface area contributed by atoms with Gasteiger partial charge in [-0.1, -0.05) is 6.92 Å². The molecule has 100 valence electrons. The first-order valence-electron chi connectivity index (χ1n) is 5.66. The molecule has 7 nitrogen and oxygen atoms in total. The second kappa shape index (κ2) is 4.36. The third-order valence-electron chi connectivity index (χ3n) is 3.19. The summed E-state index contributed by atoms with van der Waals surface area (Å²) in [5.74, 6) is 0.582. The van der Waals surface area contributed by atoms with Gasteiger partial charge in [-0.15, -0.1) is 0 Å². The quantitative estimate of drug-likeness (QED) is 0.700. The number of nitrogens with two attached hydrogens (primary N) is 1. The molecule has 1 heterocycles. The highest BCUT2D eigenvalue weighted by Gasteiger charge is 2.33. The van der Waals surface area contributed by atoms with Gasteiger partial charge in [0.15, 0.2) is 5.69 Å². The first-order chi connectivity index (χ1) is 8.30. The number of aromatic nitrogens is 2. The SMILES string of the molecule is Cc1[nH]nc(C(=O)NCC2CC2C)c1S(N)(=O)=O. The molecule has 4 N–H and O–H groups in total. The number of amides is 1. The molecule has 1 fully saturated rings. The van der Waals surface area contributed by atoms with E-state index in [-0.39, 0.29) is 16.3 Å². The molecule has 2 unspecified atom stereocenters. The highest BCUT2D eigenvalue weighted by Crippen LogP contribution is 2.36. The van der Waals surface area contributed by atoms with E-state index >= 15 is 0 Å². The molecule has 2 rings (SSSR count). The summed E-state index contributed by atoms with van der Waals surface area (Å²) in [6, 6.07) is 0. The Morgan fingerprint density at radius 2 is 2.22 bits per heavy atom. The molecule has 0 saturated heterocycles. The molecule has 0 radical (unpaired) electrons. The molecule has 1 aromatic heterocycles. The fourth-order valence-corrected chi connectivity index (χ4v) is 2.79. The summed E-state index contributed by atoms with van der Waals surface area (Å²) >= 11 is 0. The van der Waals surface area contributed by atoms with E-state index in [1.165, 1.54) is 6.92 Å². The Hall–Kier alpha value is -1.41. The van der Waals surface area contributed by atoms with Gasteiger partial charge >= 0.3 is 0 Å². The Balaban J connectivity index is 2.15. The van der Waals surface area contributed by atoms with Crippen LogP contribution in [0.3, 0.4) is 0 Å². The lowest BCUT2D eigenvalue weighted by Gasteiger charge is -2.03. The zero-order valence-corrected chi connectivity index (χ0v) is 11.0. The lowest BCUT2D eigenvalue weighted by Crippen LogP contribution is -2.28. The smallest absolute Gasteiger partial charge is 0.273 e. The molecule has 18 heavy (non-hydrogen) atoms. The van der Waals surface area contributed by atoms with Crippen LogP contribution in [0.1, 0.15) is 29.5 Å². The van der Waals surface area contributed by atoms with Gasteiger partial charge in [0.05, 0.1) is 5.69 Å². The van der Waals surface area contributed by atoms with Gasteiger partial charge in [0.25, 0.3) is 5.91 Å². The second-order valence-corrected chi connectivity index (χ2v) is 6.25. The maximum Gasteiger partial charge on any atom is 0.273 e. The van der Waals surface area contributed by atoms with Crippen LogP contribution in [0, 0.1) is 18.8 Å². The van der Waals surface area contributed by atoms with E-state index in [2.05, 4.69) is 22.4 Å². The number of H-pyrrole nitrogens is 1. The Labute approximate surface area is 105 Å². The van der Waals surface area contributed by atoms with Crippen LogP contribution in [0.15, 0.2) is 4.90 Å². The number of hydrogen-bond donors (Lipinski definition) is 3. The molecule has 1 amide bonds. The van der Waals surface area contributed by atoms with Crippen LogP contribution in [-0.2, 0) is 10.0 Å². The minimum absolute atomic E-state index is 0.164. The third kappa shape index (κ3) is 2.54. The summed E-state index contributed by atoms with van der Waals surface area (Å²) in [6.07, 6.45) is 1.09. The van der Waals surface area contributed by atoms with E-state index in [4.69, 9.17) is 5.14 Å². The van der Waals surface area contributed by atoms with Crippen LogP contribution in [0.5, 0.6) is 0 Å². The van der Waals surface area contributed by atoms with Crippen LogP contribution in [0.25, 0.3) is 0 Å². The Kier molecular flexibility index (Phi) is 3.16. The average molecular weight is 272 g/mol. The van der Waals surface area contributed by atoms with E-state index in [1.54, 1.807) is 0 Å². The standard InChI is InChI=1S/C10H16N4O3S/c1-5-3-7(5)4-12-10(15)8-9(18(11,16)17)6(2)13-14-8/h5,7H,3-4H2,1-2H3,(H,12,15)(H,13,14)(H2,11,16,17). The van der Waals surface area contributed by atoms with Crippen LogP contribution in [-0.4, -0.2) is 31.1 Å². The van der Waals surface area contributed by atoms with E-state index < -0.39 is 15.9 Å². The molecule has 8 heteroatoms. The molecule has 0 aromatic carbocycles. The molecular weight excluding hydrogens is 256 g/mol. The van der Waals surface area contributed by atoms with Crippen molar-refractivity contribution < 1.29 is 13.2 Å². The number of nitrogens with one attached hydrogen (secondary N) is 2. The van der Waals surface area contributed by atoms with E-state index in [0.717, 1.165) is 6.42 Å². The number of aromatic amines is 1. The zero-order valence-electron chi connectivity index (χ0n) is 10.2. The lowest BCUT2D eigenvalue weighted by atomic mass is 10.3. The van der Waals surface area contributed by atoms with Gasteiger partial charge in [-0.25, -0.2) is 13.6 Å². The van der Waals surface area contributed by atoms with Crippen LogP contribution in [0.2, 0.25) is 0 Å². The molecule has 2 atom stereocenters. The van der Waals surface area contributed by atoms with Crippen molar-refractivity contribution in [3.63, 3.8) is 0 Å². The van der Waals surface area contributed by atoms with E-state index in [1.807, 2.05) is 0 Å². The monoisotopic (exact) mass is 272 g/mol. The molecular formula is C10H16N4O3S. The predicted octanol–water partition coefficient (Wildman–Crippen LogP) is -0.249. The molecule has 0 bridgehead atoms. The first-order valence-corrected chi connectivity index (χ1v) is 7.21. The van der Waals surface area contributed by atoms with Crippen LogP contribution in [0.4, 0.5) is 0 Å². The number of carbonyl (C=O) groups is 1. The lowest BCUT2D eigenvalue weighted by molar-refractivity contribution is 0.0943. The van der Waals surface area contributed by atoms with Crippen molar-refractivity contribution in [2.45, 2.75) is 25.2 Å². The fraction of sp³-hybridized carbons (Fsp3) is 0.600.